The van der Waals surface area contributed by atoms with Crippen molar-refractivity contribution in [3.8, 4) is 0 Å². The molecule has 5 nitrogen and oxygen atoms in total. The van der Waals surface area contributed by atoms with Crippen LogP contribution in [0.15, 0.2) is 12.2 Å². The van der Waals surface area contributed by atoms with Gasteiger partial charge in [0.1, 0.15) is 6.10 Å². The summed E-state index contributed by atoms with van der Waals surface area (Å²) in [7, 11) is 0. The summed E-state index contributed by atoms with van der Waals surface area (Å²) in [6.07, 6.45) is 42.2. The third-order valence-electron chi connectivity index (χ3n) is 9.63. The number of hydrogen-bond acceptors (Lipinski definition) is 4. The molecule has 0 aliphatic rings. The minimum atomic E-state index is -1.08. The van der Waals surface area contributed by atoms with Gasteiger partial charge >= 0.3 is 0 Å². The molecule has 0 aliphatic carbocycles. The van der Waals surface area contributed by atoms with Crippen LogP contribution in [0.25, 0.3) is 0 Å². The molecule has 0 radical (unpaired) electrons. The van der Waals surface area contributed by atoms with Crippen LogP contribution in [-0.2, 0) is 4.79 Å². The highest BCUT2D eigenvalue weighted by Crippen LogP contribution is 2.16. The Labute approximate surface area is 287 Å². The number of hydrogen-bond donors (Lipinski definition) is 4. The topological polar surface area (TPSA) is 89.8 Å². The Balaban J connectivity index is 3.57. The lowest BCUT2D eigenvalue weighted by Gasteiger charge is -2.23. The Morgan fingerprint density at radius 2 is 0.848 bits per heavy atom. The lowest BCUT2D eigenvalue weighted by Crippen LogP contribution is -2.49. The molecule has 0 aromatic carbocycles. The first-order valence-electron chi connectivity index (χ1n) is 20.5. The zero-order valence-corrected chi connectivity index (χ0v) is 31.0. The molecule has 5 heteroatoms. The summed E-state index contributed by atoms with van der Waals surface area (Å²) < 4.78 is 0. The molecular formula is C41H81NO4. The summed E-state index contributed by atoms with van der Waals surface area (Å²) >= 11 is 0. The molecule has 0 heterocycles. The van der Waals surface area contributed by atoms with Gasteiger partial charge < -0.3 is 20.6 Å². The first-order valence-corrected chi connectivity index (χ1v) is 20.5. The highest BCUT2D eigenvalue weighted by atomic mass is 16.3. The van der Waals surface area contributed by atoms with Crippen LogP contribution in [-0.4, -0.2) is 46.1 Å². The largest absolute Gasteiger partial charge is 0.394 e. The maximum Gasteiger partial charge on any atom is 0.249 e. The van der Waals surface area contributed by atoms with Gasteiger partial charge in [-0.05, 0) is 32.1 Å². The summed E-state index contributed by atoms with van der Waals surface area (Å²) in [5.41, 5.74) is 0. The third-order valence-corrected chi connectivity index (χ3v) is 9.63. The van der Waals surface area contributed by atoms with Crippen LogP contribution in [0.1, 0.15) is 219 Å². The van der Waals surface area contributed by atoms with E-state index in [-0.39, 0.29) is 6.61 Å². The van der Waals surface area contributed by atoms with Gasteiger partial charge in [-0.2, -0.15) is 0 Å². The van der Waals surface area contributed by atoms with Gasteiger partial charge in [0, 0.05) is 0 Å². The molecule has 0 spiro atoms. The Morgan fingerprint density at radius 1 is 0.500 bits per heavy atom. The molecule has 3 atom stereocenters. The van der Waals surface area contributed by atoms with E-state index in [4.69, 9.17) is 0 Å². The van der Waals surface area contributed by atoms with E-state index in [2.05, 4.69) is 31.3 Å². The number of aliphatic hydroxyl groups excluding tert-OH is 3. The zero-order chi connectivity index (χ0) is 33.8. The van der Waals surface area contributed by atoms with E-state index >= 15 is 0 Å². The average molecular weight is 652 g/mol. The Hall–Kier alpha value is -0.910. The van der Waals surface area contributed by atoms with Crippen molar-refractivity contribution in [1.29, 1.82) is 0 Å². The van der Waals surface area contributed by atoms with E-state index in [0.29, 0.717) is 12.8 Å². The quantitative estimate of drug-likeness (QED) is 0.0397. The lowest BCUT2D eigenvalue weighted by atomic mass is 10.0. The number of aliphatic hydroxyl groups is 3. The number of allylic oxidation sites excluding steroid dienone is 2. The molecule has 0 rings (SSSR count). The Kier molecular flexibility index (Phi) is 36.2. The summed E-state index contributed by atoms with van der Waals surface area (Å²) in [6, 6.07) is -0.712. The summed E-state index contributed by atoms with van der Waals surface area (Å²) in [4.78, 5) is 12.4. The number of unbranched alkanes of at least 4 members (excludes halogenated alkanes) is 27. The molecule has 1 amide bonds. The number of amides is 1. The van der Waals surface area contributed by atoms with Gasteiger partial charge in [0.05, 0.1) is 18.8 Å². The van der Waals surface area contributed by atoms with Gasteiger partial charge in [-0.3, -0.25) is 4.79 Å². The van der Waals surface area contributed by atoms with Crippen molar-refractivity contribution >= 4 is 5.91 Å². The van der Waals surface area contributed by atoms with Gasteiger partial charge in [0.2, 0.25) is 5.91 Å². The van der Waals surface area contributed by atoms with Crippen LogP contribution in [0, 0.1) is 0 Å². The van der Waals surface area contributed by atoms with E-state index in [1.807, 2.05) is 0 Å². The Bertz CT molecular complexity index is 640. The molecule has 0 saturated heterocycles. The van der Waals surface area contributed by atoms with E-state index in [9.17, 15) is 20.1 Å². The van der Waals surface area contributed by atoms with Crippen LogP contribution in [0.3, 0.4) is 0 Å². The molecule has 3 unspecified atom stereocenters. The van der Waals surface area contributed by atoms with Gasteiger partial charge in [0.25, 0.3) is 0 Å². The fourth-order valence-corrected chi connectivity index (χ4v) is 6.35. The van der Waals surface area contributed by atoms with Crippen molar-refractivity contribution in [2.75, 3.05) is 6.61 Å². The average Bonchev–Trinajstić information content (AvgIpc) is 3.06. The summed E-state index contributed by atoms with van der Waals surface area (Å²) in [5, 5.41) is 33.1. The van der Waals surface area contributed by atoms with Gasteiger partial charge in [-0.1, -0.05) is 199 Å². The van der Waals surface area contributed by atoms with Crippen molar-refractivity contribution in [2.45, 2.75) is 238 Å². The maximum absolute atomic E-state index is 12.4. The Morgan fingerprint density at radius 3 is 1.26 bits per heavy atom. The molecule has 0 aromatic heterocycles. The van der Waals surface area contributed by atoms with E-state index in [1.165, 1.54) is 148 Å². The van der Waals surface area contributed by atoms with Gasteiger partial charge in [-0.25, -0.2) is 0 Å². The van der Waals surface area contributed by atoms with Crippen molar-refractivity contribution in [3.63, 3.8) is 0 Å². The molecule has 0 aromatic rings. The predicted octanol–water partition coefficient (Wildman–Crippen LogP) is 11.3. The number of rotatable bonds is 37. The molecule has 46 heavy (non-hydrogen) atoms. The van der Waals surface area contributed by atoms with Crippen molar-refractivity contribution in [3.05, 3.63) is 12.2 Å². The molecule has 0 fully saturated rings. The maximum atomic E-state index is 12.4. The smallest absolute Gasteiger partial charge is 0.249 e. The first-order chi connectivity index (χ1) is 22.6. The second-order valence-corrected chi connectivity index (χ2v) is 14.2. The predicted molar refractivity (Wildman–Crippen MR) is 199 cm³/mol. The molecule has 0 bridgehead atoms. The monoisotopic (exact) mass is 652 g/mol. The zero-order valence-electron chi connectivity index (χ0n) is 31.0. The minimum Gasteiger partial charge on any atom is -0.394 e. The number of nitrogens with one attached hydrogen (secondary N) is 1. The van der Waals surface area contributed by atoms with Crippen LogP contribution < -0.4 is 5.32 Å². The highest BCUT2D eigenvalue weighted by molar-refractivity contribution is 5.80. The second kappa shape index (κ2) is 36.9. The van der Waals surface area contributed by atoms with Crippen LogP contribution in [0.2, 0.25) is 0 Å². The van der Waals surface area contributed by atoms with Crippen LogP contribution in [0.4, 0.5) is 0 Å². The molecule has 274 valence electrons. The molecule has 4 N–H and O–H groups in total. The van der Waals surface area contributed by atoms with E-state index in [0.717, 1.165) is 44.9 Å². The summed E-state index contributed by atoms with van der Waals surface area (Å²) in [5.74, 6) is -0.481. The van der Waals surface area contributed by atoms with Crippen LogP contribution in [0.5, 0.6) is 0 Å². The fraction of sp³-hybridized carbons (Fsp3) is 0.927. The highest BCUT2D eigenvalue weighted by Gasteiger charge is 2.23. The van der Waals surface area contributed by atoms with E-state index in [1.54, 1.807) is 0 Å². The fourth-order valence-electron chi connectivity index (χ4n) is 6.35. The number of carbonyl (C=O) groups excluding carboxylic acids is 1. The lowest BCUT2D eigenvalue weighted by molar-refractivity contribution is -0.131. The summed E-state index contributed by atoms with van der Waals surface area (Å²) in [6.45, 7) is 4.18. The first kappa shape index (κ1) is 45.1. The normalized spacial score (nSPS) is 13.8. The van der Waals surface area contributed by atoms with Crippen molar-refractivity contribution in [1.82, 2.24) is 5.32 Å². The van der Waals surface area contributed by atoms with Gasteiger partial charge in [-0.15, -0.1) is 0 Å². The molecular weight excluding hydrogens is 570 g/mol. The van der Waals surface area contributed by atoms with Crippen molar-refractivity contribution in [2.24, 2.45) is 0 Å². The standard InChI is InChI=1S/C41H81NO4/c1-3-5-7-9-11-13-15-16-17-18-19-20-21-22-23-24-25-26-28-29-31-33-35-39(44)38(37-43)42-41(46)40(45)36-34-32-30-27-14-12-10-8-6-4-2/h10,12,38-40,43-45H,3-9,11,13-37H2,1-2H3,(H,42,46)/b12-10-. The minimum absolute atomic E-state index is 0.315. The molecule has 0 aliphatic heterocycles. The number of carbonyl (C=O) groups is 1. The van der Waals surface area contributed by atoms with E-state index < -0.39 is 24.2 Å². The SMILES string of the molecule is CCCC/C=C\CCCCCCC(O)C(=O)NC(CO)C(O)CCCCCCCCCCCCCCCCCCCCCCCC. The van der Waals surface area contributed by atoms with Crippen LogP contribution >= 0.6 is 0 Å². The molecule has 0 saturated carbocycles. The van der Waals surface area contributed by atoms with Gasteiger partial charge in [0.15, 0.2) is 0 Å². The second-order valence-electron chi connectivity index (χ2n) is 14.2. The van der Waals surface area contributed by atoms with Crippen molar-refractivity contribution < 1.29 is 20.1 Å². The third kappa shape index (κ3) is 31.7.